The van der Waals surface area contributed by atoms with Gasteiger partial charge >= 0.3 is 0 Å². The maximum atomic E-state index is 13.2. The summed E-state index contributed by atoms with van der Waals surface area (Å²) < 4.78 is 52.6. The molecule has 2 N–H and O–H groups in total. The Labute approximate surface area is 281 Å². The first kappa shape index (κ1) is 32.4. The van der Waals surface area contributed by atoms with Crippen LogP contribution < -0.4 is 20.4 Å². The van der Waals surface area contributed by atoms with E-state index in [1.54, 1.807) is 58.3 Å². The second kappa shape index (κ2) is 13.0. The van der Waals surface area contributed by atoms with Gasteiger partial charge in [-0.05, 0) is 54.7 Å². The van der Waals surface area contributed by atoms with Gasteiger partial charge in [-0.1, -0.05) is 53.4 Å². The van der Waals surface area contributed by atoms with Crippen molar-refractivity contribution in [3.05, 3.63) is 69.7 Å². The molecule has 252 valence electrons. The van der Waals surface area contributed by atoms with E-state index < -0.39 is 11.8 Å². The van der Waals surface area contributed by atoms with E-state index in [-0.39, 0.29) is 62.7 Å². The van der Waals surface area contributed by atoms with Crippen molar-refractivity contribution >= 4 is 56.1 Å². The number of amides is 2. The highest BCUT2D eigenvalue weighted by Crippen LogP contribution is 2.43. The molecule has 7 rings (SSSR count). The average Bonchev–Trinajstić information content (AvgIpc) is 3.69. The lowest BCUT2D eigenvalue weighted by Crippen LogP contribution is -2.56. The number of hydrogen-bond donors (Lipinski definition) is 2. The number of hydrogen-bond acceptors (Lipinski definition) is 10. The van der Waals surface area contributed by atoms with E-state index in [2.05, 4.69) is 31.0 Å². The predicted molar refractivity (Wildman–Crippen MR) is 176 cm³/mol. The zero-order valence-corrected chi connectivity index (χ0v) is 27.3. The number of benzene rings is 2. The number of carbonyl (C=O) groups is 2. The Hall–Kier alpha value is -4.18. The fraction of sp³-hybridized carbons (Fsp3) is 0.438. The molecule has 2 atom stereocenters. The van der Waals surface area contributed by atoms with E-state index in [4.69, 9.17) is 0 Å². The fourth-order valence-corrected chi connectivity index (χ4v) is 8.09. The van der Waals surface area contributed by atoms with Crippen molar-refractivity contribution in [2.24, 2.45) is 0 Å². The van der Waals surface area contributed by atoms with Crippen LogP contribution in [0.25, 0.3) is 0 Å². The van der Waals surface area contributed by atoms with Crippen LogP contribution in [0.15, 0.2) is 48.5 Å². The summed E-state index contributed by atoms with van der Waals surface area (Å²) in [6, 6.07) is 14.1. The third-order valence-corrected chi connectivity index (χ3v) is 10.8. The van der Waals surface area contributed by atoms with Crippen LogP contribution in [-0.4, -0.2) is 70.2 Å². The van der Waals surface area contributed by atoms with Crippen LogP contribution >= 0.6 is 22.7 Å². The predicted octanol–water partition coefficient (Wildman–Crippen LogP) is 6.10. The summed E-state index contributed by atoms with van der Waals surface area (Å²) in [6.07, 6.45) is 3.90. The highest BCUT2D eigenvalue weighted by Gasteiger charge is 2.44. The number of nitrogens with one attached hydrogen (secondary N) is 2. The minimum absolute atomic E-state index is 0.127. The lowest BCUT2D eigenvalue weighted by atomic mass is 9.82. The normalized spacial score (nSPS) is 21.2. The van der Waals surface area contributed by atoms with E-state index >= 15 is 0 Å². The lowest BCUT2D eigenvalue weighted by molar-refractivity contribution is -0.116. The molecule has 2 saturated heterocycles. The number of anilines is 4. The topological polar surface area (TPSA) is 116 Å². The monoisotopic (exact) mass is 700 g/mol. The molecule has 4 aromatic rings. The first-order valence-electron chi connectivity index (χ1n) is 15.7. The molecular formula is C32H32F4N8O2S2. The van der Waals surface area contributed by atoms with E-state index in [1.165, 1.54) is 22.7 Å². The molecule has 3 fully saturated rings. The van der Waals surface area contributed by atoms with Gasteiger partial charge in [-0.25, -0.2) is 17.6 Å². The molecule has 0 spiro atoms. The van der Waals surface area contributed by atoms with Gasteiger partial charge in [0.25, 0.3) is 11.8 Å². The Balaban J connectivity index is 0.876. The molecule has 16 heteroatoms. The number of rotatable bonds is 10. The summed E-state index contributed by atoms with van der Waals surface area (Å²) in [5, 5.41) is 25.3. The minimum Gasteiger partial charge on any atom is -0.359 e. The van der Waals surface area contributed by atoms with Crippen LogP contribution in [0.1, 0.15) is 58.7 Å². The zero-order chi connectivity index (χ0) is 33.5. The van der Waals surface area contributed by atoms with Gasteiger partial charge in [0, 0.05) is 23.2 Å². The van der Waals surface area contributed by atoms with Gasteiger partial charge in [0.05, 0.1) is 39.0 Å². The van der Waals surface area contributed by atoms with Crippen molar-refractivity contribution in [1.82, 2.24) is 20.4 Å². The van der Waals surface area contributed by atoms with E-state index in [9.17, 15) is 27.2 Å². The first-order valence-corrected chi connectivity index (χ1v) is 17.3. The Morgan fingerprint density at radius 2 is 1.06 bits per heavy atom. The quantitative estimate of drug-likeness (QED) is 0.191. The van der Waals surface area contributed by atoms with Crippen molar-refractivity contribution in [3.8, 4) is 0 Å². The molecule has 2 aliphatic heterocycles. The van der Waals surface area contributed by atoms with Crippen LogP contribution in [0, 0.1) is 0 Å². The van der Waals surface area contributed by atoms with Gasteiger partial charge in [0.2, 0.25) is 22.1 Å². The molecule has 2 aromatic heterocycles. The van der Waals surface area contributed by atoms with Crippen LogP contribution in [0.3, 0.4) is 0 Å². The molecular weight excluding hydrogens is 669 g/mol. The maximum absolute atomic E-state index is 13.2. The van der Waals surface area contributed by atoms with Crippen molar-refractivity contribution in [2.45, 2.75) is 62.2 Å². The highest BCUT2D eigenvalue weighted by molar-refractivity contribution is 7.15. The lowest BCUT2D eigenvalue weighted by Gasteiger charge is -2.40. The van der Waals surface area contributed by atoms with Crippen LogP contribution in [0.5, 0.6) is 0 Å². The Bertz CT molecular complexity index is 1640. The van der Waals surface area contributed by atoms with Gasteiger partial charge in [0.1, 0.15) is 10.0 Å². The van der Waals surface area contributed by atoms with Gasteiger partial charge in [-0.3, -0.25) is 9.59 Å². The Kier molecular flexibility index (Phi) is 8.79. The third-order valence-electron chi connectivity index (χ3n) is 8.77. The summed E-state index contributed by atoms with van der Waals surface area (Å²) >= 11 is 2.71. The van der Waals surface area contributed by atoms with Crippen molar-refractivity contribution in [3.63, 3.8) is 0 Å². The standard InChI is InChI=1S/C32H32F4N8O2S2/c33-31(34)15-43(16-31)23-8-4-19(5-9-23)12-25(45)37-29-41-39-27(47-29)21-2-1-3-22(14-21)28-40-42-30(48-28)38-26(46)13-20-6-10-24(11-7-20)44-17-32(35,36)18-44/h4-11,21-22H,1-3,12-18H2,(H,37,41,45)(H,38,42,46)/t21-,22-/m0/s1. The Morgan fingerprint density at radius 3 is 1.44 bits per heavy atom. The molecule has 3 aliphatic rings. The molecule has 0 radical (unpaired) electrons. The van der Waals surface area contributed by atoms with E-state index in [0.717, 1.165) is 46.8 Å². The Morgan fingerprint density at radius 1 is 0.667 bits per heavy atom. The van der Waals surface area contributed by atoms with Crippen LogP contribution in [0.2, 0.25) is 0 Å². The minimum atomic E-state index is -2.64. The van der Waals surface area contributed by atoms with E-state index in [0.29, 0.717) is 21.6 Å². The van der Waals surface area contributed by atoms with Gasteiger partial charge in [-0.2, -0.15) is 0 Å². The second-order valence-corrected chi connectivity index (χ2v) is 14.7. The average molecular weight is 701 g/mol. The van der Waals surface area contributed by atoms with Gasteiger partial charge in [0.15, 0.2) is 0 Å². The van der Waals surface area contributed by atoms with Crippen molar-refractivity contribution in [2.75, 3.05) is 46.6 Å². The summed E-state index contributed by atoms with van der Waals surface area (Å²) in [4.78, 5) is 28.5. The van der Waals surface area contributed by atoms with Crippen LogP contribution in [-0.2, 0) is 22.4 Å². The summed E-state index contributed by atoms with van der Waals surface area (Å²) in [5.74, 6) is -5.44. The zero-order valence-electron chi connectivity index (χ0n) is 25.7. The molecule has 2 amide bonds. The summed E-state index contributed by atoms with van der Waals surface area (Å²) in [5.41, 5.74) is 2.95. The number of alkyl halides is 4. The van der Waals surface area contributed by atoms with E-state index in [1.807, 2.05) is 0 Å². The molecule has 0 unspecified atom stereocenters. The van der Waals surface area contributed by atoms with Crippen LogP contribution in [0.4, 0.5) is 39.2 Å². The van der Waals surface area contributed by atoms with Gasteiger partial charge in [-0.15, -0.1) is 20.4 Å². The van der Waals surface area contributed by atoms with Crippen molar-refractivity contribution < 1.29 is 27.2 Å². The maximum Gasteiger partial charge on any atom is 0.282 e. The fourth-order valence-electron chi connectivity index (χ4n) is 6.27. The molecule has 0 bridgehead atoms. The smallest absolute Gasteiger partial charge is 0.282 e. The molecule has 10 nitrogen and oxygen atoms in total. The molecule has 1 aliphatic carbocycles. The third kappa shape index (κ3) is 7.59. The number of carbonyl (C=O) groups excluding carboxylic acids is 2. The largest absolute Gasteiger partial charge is 0.359 e. The molecule has 2 aromatic carbocycles. The van der Waals surface area contributed by atoms with Crippen molar-refractivity contribution in [1.29, 1.82) is 0 Å². The number of aromatic nitrogens is 4. The summed E-state index contributed by atoms with van der Waals surface area (Å²) in [6.45, 7) is -1.16. The van der Waals surface area contributed by atoms with Gasteiger partial charge < -0.3 is 20.4 Å². The number of nitrogens with zero attached hydrogens (tertiary/aromatic N) is 6. The highest BCUT2D eigenvalue weighted by atomic mass is 32.1. The molecule has 4 heterocycles. The SMILES string of the molecule is O=C(Cc1ccc(N2CC(F)(F)C2)cc1)Nc1nnc([C@H]2CCC[C@H](c3nnc(NC(=O)Cc4ccc(N5CC(F)(F)C5)cc4)s3)C2)s1. The number of halogens is 4. The molecule has 1 saturated carbocycles. The molecule has 48 heavy (non-hydrogen) atoms. The summed E-state index contributed by atoms with van der Waals surface area (Å²) in [7, 11) is 0. The first-order chi connectivity index (χ1) is 23.0. The second-order valence-electron chi connectivity index (χ2n) is 12.7.